The highest BCUT2D eigenvalue weighted by molar-refractivity contribution is 5.98. The van der Waals surface area contributed by atoms with Crippen LogP contribution in [0.4, 0.5) is 24.5 Å². The average Bonchev–Trinajstić information content (AvgIpc) is 2.60. The van der Waals surface area contributed by atoms with Gasteiger partial charge in [0, 0.05) is 25.4 Å². The molecule has 1 aromatic carbocycles. The van der Waals surface area contributed by atoms with Crippen LogP contribution in [0.2, 0.25) is 0 Å². The van der Waals surface area contributed by atoms with Gasteiger partial charge in [0.05, 0.1) is 22.5 Å². The molecule has 1 aromatic heterocycles. The highest BCUT2D eigenvalue weighted by Crippen LogP contribution is 2.32. The average molecular weight is 386 g/mol. The molecule has 0 spiro atoms. The van der Waals surface area contributed by atoms with Crippen molar-refractivity contribution in [3.05, 3.63) is 40.6 Å². The Bertz CT molecular complexity index is 887. The Labute approximate surface area is 149 Å². The van der Waals surface area contributed by atoms with Crippen molar-refractivity contribution in [2.45, 2.75) is 6.18 Å². The molecule has 0 saturated carbocycles. The van der Waals surface area contributed by atoms with Gasteiger partial charge in [-0.3, -0.25) is 19.9 Å². The van der Waals surface area contributed by atoms with Gasteiger partial charge in [0.2, 0.25) is 5.91 Å². The molecule has 1 aliphatic rings. The largest absolute Gasteiger partial charge is 0.490 e. The molecule has 2 heterocycles. The first kappa shape index (κ1) is 19.9. The van der Waals surface area contributed by atoms with E-state index >= 15 is 0 Å². The molecule has 0 radical (unpaired) electrons. The Kier molecular flexibility index (Phi) is 5.78. The predicted molar refractivity (Wildman–Crippen MR) is 87.3 cm³/mol. The van der Waals surface area contributed by atoms with Crippen LogP contribution in [0.3, 0.4) is 0 Å². The quantitative estimate of drug-likeness (QED) is 0.594. The fourth-order valence-corrected chi connectivity index (χ4v) is 2.40. The van der Waals surface area contributed by atoms with Crippen LogP contribution in [0, 0.1) is 10.1 Å². The van der Waals surface area contributed by atoms with E-state index in [9.17, 15) is 28.1 Å². The van der Waals surface area contributed by atoms with Crippen LogP contribution in [0.15, 0.2) is 30.5 Å². The van der Waals surface area contributed by atoms with E-state index in [4.69, 9.17) is 9.90 Å². The number of carbonyl (C=O) groups excluding carboxylic acids is 1. The number of anilines is 1. The van der Waals surface area contributed by atoms with E-state index in [2.05, 4.69) is 10.3 Å². The van der Waals surface area contributed by atoms with Gasteiger partial charge >= 0.3 is 12.1 Å². The standard InChI is InChI=1S/C13H12N4O3.C2HF3O2/c18-12-8-16(7-6-14-12)11-4-3-10(17(19)20)9-2-1-5-15-13(9)11;3-2(4,5)1(6)7/h1-5H,6-8H2,(H,14,18);(H,6,7). The van der Waals surface area contributed by atoms with Gasteiger partial charge in [-0.2, -0.15) is 13.2 Å². The first-order valence-electron chi connectivity index (χ1n) is 7.45. The Balaban J connectivity index is 0.000000321. The molecule has 9 nitrogen and oxygen atoms in total. The number of non-ortho nitro benzene ring substituents is 1. The summed E-state index contributed by atoms with van der Waals surface area (Å²) in [4.78, 5) is 37.1. The van der Waals surface area contributed by atoms with Crippen LogP contribution < -0.4 is 10.2 Å². The summed E-state index contributed by atoms with van der Waals surface area (Å²) >= 11 is 0. The Morgan fingerprint density at radius 1 is 1.33 bits per heavy atom. The van der Waals surface area contributed by atoms with Gasteiger partial charge in [-0.05, 0) is 18.2 Å². The lowest BCUT2D eigenvalue weighted by Gasteiger charge is -2.29. The third-order valence-corrected chi connectivity index (χ3v) is 3.54. The number of nitro benzene ring substituents is 1. The zero-order valence-corrected chi connectivity index (χ0v) is 13.6. The summed E-state index contributed by atoms with van der Waals surface area (Å²) in [7, 11) is 0. The van der Waals surface area contributed by atoms with E-state index in [1.165, 1.54) is 6.07 Å². The summed E-state index contributed by atoms with van der Waals surface area (Å²) in [6.07, 6.45) is -3.49. The van der Waals surface area contributed by atoms with Crippen LogP contribution in [0.5, 0.6) is 0 Å². The van der Waals surface area contributed by atoms with E-state index in [-0.39, 0.29) is 18.1 Å². The molecular weight excluding hydrogens is 373 g/mol. The number of rotatable bonds is 2. The second-order valence-electron chi connectivity index (χ2n) is 5.33. The Morgan fingerprint density at radius 3 is 2.56 bits per heavy atom. The smallest absolute Gasteiger partial charge is 0.475 e. The number of nitro groups is 1. The molecule has 0 bridgehead atoms. The number of aliphatic carboxylic acids is 1. The zero-order chi connectivity index (χ0) is 20.2. The molecule has 27 heavy (non-hydrogen) atoms. The van der Waals surface area contributed by atoms with Crippen LogP contribution in [0.25, 0.3) is 10.9 Å². The third-order valence-electron chi connectivity index (χ3n) is 3.54. The van der Waals surface area contributed by atoms with Crippen LogP contribution >= 0.6 is 0 Å². The molecule has 0 aliphatic carbocycles. The SMILES string of the molecule is O=C(O)C(F)(F)F.O=C1CN(c2ccc([N+](=O)[O-])c3cccnc23)CCN1. The molecule has 0 unspecified atom stereocenters. The third kappa shape index (κ3) is 4.80. The molecule has 12 heteroatoms. The molecule has 1 saturated heterocycles. The summed E-state index contributed by atoms with van der Waals surface area (Å²) in [6, 6.07) is 6.47. The second kappa shape index (κ2) is 7.85. The minimum absolute atomic E-state index is 0.0262. The van der Waals surface area contributed by atoms with Crippen molar-refractivity contribution >= 4 is 34.2 Å². The maximum absolute atomic E-state index is 11.5. The summed E-state index contributed by atoms with van der Waals surface area (Å²) < 4.78 is 31.7. The molecule has 0 atom stereocenters. The number of pyridine rings is 1. The number of hydrogen-bond donors (Lipinski definition) is 2. The number of carbonyl (C=O) groups is 2. The van der Waals surface area contributed by atoms with E-state index in [1.807, 2.05) is 4.90 Å². The van der Waals surface area contributed by atoms with Crippen molar-refractivity contribution in [3.8, 4) is 0 Å². The number of aromatic nitrogens is 1. The predicted octanol–water partition coefficient (Wildman–Crippen LogP) is 1.71. The maximum Gasteiger partial charge on any atom is 0.490 e. The maximum atomic E-state index is 11.5. The first-order valence-corrected chi connectivity index (χ1v) is 7.45. The number of fused-ring (bicyclic) bond motifs is 1. The number of nitrogens with zero attached hydrogens (tertiary/aromatic N) is 3. The molecular formula is C15H13F3N4O5. The first-order chi connectivity index (χ1) is 12.6. The van der Waals surface area contributed by atoms with Crippen molar-refractivity contribution in [2.24, 2.45) is 0 Å². The summed E-state index contributed by atoms with van der Waals surface area (Å²) in [5.41, 5.74) is 1.33. The molecule has 2 N–H and O–H groups in total. The summed E-state index contributed by atoms with van der Waals surface area (Å²) in [5.74, 6) is -2.81. The number of hydrogen-bond acceptors (Lipinski definition) is 6. The minimum atomic E-state index is -5.08. The number of nitrogens with one attached hydrogen (secondary N) is 1. The molecule has 3 rings (SSSR count). The number of benzene rings is 1. The van der Waals surface area contributed by atoms with Crippen molar-refractivity contribution in [2.75, 3.05) is 24.5 Å². The van der Waals surface area contributed by atoms with Crippen LogP contribution in [-0.2, 0) is 9.59 Å². The molecule has 2 aromatic rings. The van der Waals surface area contributed by atoms with Gasteiger partial charge in [-0.1, -0.05) is 0 Å². The van der Waals surface area contributed by atoms with Gasteiger partial charge in [-0.15, -0.1) is 0 Å². The number of carboxylic acids is 1. The highest BCUT2D eigenvalue weighted by atomic mass is 19.4. The highest BCUT2D eigenvalue weighted by Gasteiger charge is 2.38. The van der Waals surface area contributed by atoms with Gasteiger partial charge in [0.25, 0.3) is 5.69 Å². The molecule has 1 amide bonds. The number of piperazine rings is 1. The lowest BCUT2D eigenvalue weighted by Crippen LogP contribution is -2.47. The van der Waals surface area contributed by atoms with Crippen LogP contribution in [-0.4, -0.2) is 52.7 Å². The van der Waals surface area contributed by atoms with Gasteiger partial charge in [0.1, 0.15) is 5.52 Å². The molecule has 1 aliphatic heterocycles. The van der Waals surface area contributed by atoms with E-state index < -0.39 is 17.1 Å². The summed E-state index contributed by atoms with van der Waals surface area (Å²) in [6.45, 7) is 1.46. The number of amides is 1. The number of alkyl halides is 3. The summed E-state index contributed by atoms with van der Waals surface area (Å²) in [5, 5.41) is 21.4. The fourth-order valence-electron chi connectivity index (χ4n) is 2.40. The van der Waals surface area contributed by atoms with E-state index in [0.29, 0.717) is 24.0 Å². The van der Waals surface area contributed by atoms with Crippen molar-refractivity contribution in [3.63, 3.8) is 0 Å². The van der Waals surface area contributed by atoms with Crippen molar-refractivity contribution in [1.29, 1.82) is 0 Å². The number of carboxylic acid groups (broad SMARTS) is 1. The van der Waals surface area contributed by atoms with E-state index in [0.717, 1.165) is 5.69 Å². The minimum Gasteiger partial charge on any atom is -0.475 e. The lowest BCUT2D eigenvalue weighted by molar-refractivity contribution is -0.383. The molecule has 1 fully saturated rings. The zero-order valence-electron chi connectivity index (χ0n) is 13.6. The van der Waals surface area contributed by atoms with Crippen molar-refractivity contribution in [1.82, 2.24) is 10.3 Å². The Hall–Kier alpha value is -3.44. The lowest BCUT2D eigenvalue weighted by atomic mass is 10.1. The molecule has 144 valence electrons. The van der Waals surface area contributed by atoms with Crippen molar-refractivity contribution < 1.29 is 32.8 Å². The van der Waals surface area contributed by atoms with E-state index in [1.54, 1.807) is 24.4 Å². The Morgan fingerprint density at radius 2 is 2.00 bits per heavy atom. The van der Waals surface area contributed by atoms with Gasteiger partial charge < -0.3 is 15.3 Å². The van der Waals surface area contributed by atoms with Gasteiger partial charge in [-0.25, -0.2) is 4.79 Å². The van der Waals surface area contributed by atoms with Crippen LogP contribution in [0.1, 0.15) is 0 Å². The normalized spacial score (nSPS) is 14.2. The topological polar surface area (TPSA) is 126 Å². The monoisotopic (exact) mass is 386 g/mol. The van der Waals surface area contributed by atoms with Gasteiger partial charge in [0.15, 0.2) is 0 Å². The fraction of sp³-hybridized carbons (Fsp3) is 0.267. The second-order valence-corrected chi connectivity index (χ2v) is 5.33. The number of halogens is 3.